The third-order valence-corrected chi connectivity index (χ3v) is 8.81. The van der Waals surface area contributed by atoms with Gasteiger partial charge < -0.3 is 24.3 Å². The van der Waals surface area contributed by atoms with E-state index in [0.29, 0.717) is 35.2 Å². The smallest absolute Gasteiger partial charge is 0.251 e. The van der Waals surface area contributed by atoms with Crippen molar-refractivity contribution in [3.8, 4) is 11.5 Å². The van der Waals surface area contributed by atoms with Crippen molar-refractivity contribution in [2.24, 2.45) is 0 Å². The number of hydrogen-bond acceptors (Lipinski definition) is 8. The average Bonchev–Trinajstić information content (AvgIpc) is 3.59. The number of rotatable bonds is 12. The predicted molar refractivity (Wildman–Crippen MR) is 171 cm³/mol. The van der Waals surface area contributed by atoms with Crippen molar-refractivity contribution in [1.82, 2.24) is 20.1 Å². The number of β-amino-alcohol motifs (C(OH)–C–C–N with tert-alkyl or cyclic N) is 1. The molecule has 3 aromatic carbocycles. The lowest BCUT2D eigenvalue weighted by Crippen LogP contribution is -2.42. The molecule has 1 fully saturated rings. The van der Waals surface area contributed by atoms with Crippen LogP contribution in [-0.2, 0) is 26.1 Å². The molecule has 45 heavy (non-hydrogen) atoms. The minimum atomic E-state index is -0.703. The molecule has 4 aromatic rings. The second kappa shape index (κ2) is 14.9. The number of aliphatic hydroxyl groups is 1. The minimum absolute atomic E-state index is 0.164. The summed E-state index contributed by atoms with van der Waals surface area (Å²) >= 11 is 6.66. The molecule has 1 unspecified atom stereocenters. The molecule has 0 bridgehead atoms. The summed E-state index contributed by atoms with van der Waals surface area (Å²) in [5.74, 6) is 1.79. The van der Waals surface area contributed by atoms with Crippen LogP contribution in [0.4, 0.5) is 0 Å². The van der Waals surface area contributed by atoms with Crippen molar-refractivity contribution < 1.29 is 23.8 Å². The molecular weight excluding hydrogens is 592 g/mol. The first-order valence-electron chi connectivity index (χ1n) is 15.5. The zero-order valence-electron chi connectivity index (χ0n) is 25.2. The molecule has 6 rings (SSSR count). The molecule has 2 aliphatic rings. The Hall–Kier alpha value is -3.89. The largest absolute Gasteiger partial charge is 0.490 e. The molecule has 1 atom stereocenters. The summed E-state index contributed by atoms with van der Waals surface area (Å²) in [5.41, 5.74) is 4.04. The van der Waals surface area contributed by atoms with Crippen LogP contribution < -0.4 is 14.8 Å². The standard InChI is InChI=1S/C35H39ClN4O5/c36-34-32-14-17-40(21-27(32)8-11-33(34)43-23-31-19-37-24-44-31)22-28(41)18-38-35(42)26-6-9-29(10-7-26)45-30-12-15-39(16-13-30)20-25-4-2-1-3-5-25/h1-11,19,24,28,30,41H,12-18,20-23H2,(H,38,42). The highest BCUT2D eigenvalue weighted by Crippen LogP contribution is 2.34. The quantitative estimate of drug-likeness (QED) is 0.223. The lowest BCUT2D eigenvalue weighted by atomic mass is 9.99. The molecule has 0 saturated carbocycles. The van der Waals surface area contributed by atoms with Crippen LogP contribution >= 0.6 is 11.6 Å². The number of carbonyl (C=O) groups is 1. The van der Waals surface area contributed by atoms with Crippen molar-refractivity contribution in [2.75, 3.05) is 32.7 Å². The highest BCUT2D eigenvalue weighted by atomic mass is 35.5. The van der Waals surface area contributed by atoms with E-state index in [1.54, 1.807) is 18.3 Å². The van der Waals surface area contributed by atoms with E-state index >= 15 is 0 Å². The number of fused-ring (bicyclic) bond motifs is 1. The summed E-state index contributed by atoms with van der Waals surface area (Å²) in [4.78, 5) is 21.3. The molecule has 2 N–H and O–H groups in total. The number of hydrogen-bond donors (Lipinski definition) is 2. The van der Waals surface area contributed by atoms with E-state index in [0.717, 1.165) is 62.3 Å². The number of piperidine rings is 1. The lowest BCUT2D eigenvalue weighted by Gasteiger charge is -2.32. The number of carbonyl (C=O) groups excluding carboxylic acids is 1. The van der Waals surface area contributed by atoms with Gasteiger partial charge in [0.15, 0.2) is 12.2 Å². The molecule has 10 heteroatoms. The molecule has 236 valence electrons. The molecule has 9 nitrogen and oxygen atoms in total. The fourth-order valence-corrected chi connectivity index (χ4v) is 6.29. The minimum Gasteiger partial charge on any atom is -0.490 e. The summed E-state index contributed by atoms with van der Waals surface area (Å²) in [6, 6.07) is 21.7. The first-order valence-corrected chi connectivity index (χ1v) is 15.9. The van der Waals surface area contributed by atoms with Crippen LogP contribution in [0.2, 0.25) is 5.02 Å². The van der Waals surface area contributed by atoms with Gasteiger partial charge in [0.25, 0.3) is 5.91 Å². The van der Waals surface area contributed by atoms with Crippen LogP contribution in [0, 0.1) is 0 Å². The molecular formula is C35H39ClN4O5. The number of aromatic nitrogens is 1. The number of aliphatic hydroxyl groups excluding tert-OH is 1. The highest BCUT2D eigenvalue weighted by Gasteiger charge is 2.24. The maximum atomic E-state index is 12.8. The number of benzene rings is 3. The van der Waals surface area contributed by atoms with Gasteiger partial charge in [-0.3, -0.25) is 14.6 Å². The third-order valence-electron chi connectivity index (χ3n) is 8.40. The molecule has 0 radical (unpaired) electrons. The summed E-state index contributed by atoms with van der Waals surface area (Å²) in [6.07, 6.45) is 5.14. The third kappa shape index (κ3) is 8.43. The topological polar surface area (TPSA) is 100 Å². The second-order valence-electron chi connectivity index (χ2n) is 11.7. The van der Waals surface area contributed by atoms with Gasteiger partial charge in [0.1, 0.15) is 24.2 Å². The molecule has 0 spiro atoms. The van der Waals surface area contributed by atoms with Gasteiger partial charge in [-0.15, -0.1) is 0 Å². The Morgan fingerprint density at radius 2 is 1.84 bits per heavy atom. The van der Waals surface area contributed by atoms with E-state index in [9.17, 15) is 9.90 Å². The van der Waals surface area contributed by atoms with Gasteiger partial charge in [-0.1, -0.05) is 48.0 Å². The normalized spacial score (nSPS) is 16.6. The van der Waals surface area contributed by atoms with Crippen LogP contribution in [0.5, 0.6) is 11.5 Å². The molecule has 3 heterocycles. The Morgan fingerprint density at radius 3 is 2.60 bits per heavy atom. The SMILES string of the molecule is O=C(NCC(O)CN1CCc2c(ccc(OCc3cnco3)c2Cl)C1)c1ccc(OC2CCN(Cc3ccccc3)CC2)cc1. The first-order chi connectivity index (χ1) is 22.0. The Kier molecular flexibility index (Phi) is 10.3. The van der Waals surface area contributed by atoms with Crippen molar-refractivity contribution in [3.63, 3.8) is 0 Å². The number of ether oxygens (including phenoxy) is 2. The van der Waals surface area contributed by atoms with Crippen molar-refractivity contribution in [2.45, 2.75) is 51.2 Å². The van der Waals surface area contributed by atoms with E-state index < -0.39 is 6.10 Å². The Balaban J connectivity index is 0.909. The molecule has 1 saturated heterocycles. The van der Waals surface area contributed by atoms with Crippen LogP contribution in [0.15, 0.2) is 83.7 Å². The highest BCUT2D eigenvalue weighted by molar-refractivity contribution is 6.33. The molecule has 0 aliphatic carbocycles. The maximum Gasteiger partial charge on any atom is 0.251 e. The van der Waals surface area contributed by atoms with Gasteiger partial charge in [-0.2, -0.15) is 0 Å². The van der Waals surface area contributed by atoms with Gasteiger partial charge in [0, 0.05) is 51.4 Å². The van der Waals surface area contributed by atoms with E-state index in [-0.39, 0.29) is 25.2 Å². The van der Waals surface area contributed by atoms with Crippen molar-refractivity contribution >= 4 is 17.5 Å². The van der Waals surface area contributed by atoms with Gasteiger partial charge in [-0.25, -0.2) is 4.98 Å². The summed E-state index contributed by atoms with van der Waals surface area (Å²) < 4.78 is 17.3. The average molecular weight is 631 g/mol. The predicted octanol–water partition coefficient (Wildman–Crippen LogP) is 5.10. The van der Waals surface area contributed by atoms with Crippen LogP contribution in [-0.4, -0.2) is 70.7 Å². The number of halogens is 1. The van der Waals surface area contributed by atoms with E-state index in [4.69, 9.17) is 25.5 Å². The first kappa shape index (κ1) is 31.1. The summed E-state index contributed by atoms with van der Waals surface area (Å²) in [6.45, 7) is 5.25. The van der Waals surface area contributed by atoms with Crippen LogP contribution in [0.1, 0.15) is 45.7 Å². The number of amides is 1. The number of likely N-dealkylation sites (tertiary alicyclic amines) is 1. The fraction of sp³-hybridized carbons (Fsp3) is 0.371. The Labute approximate surface area is 268 Å². The zero-order chi connectivity index (χ0) is 31.0. The van der Waals surface area contributed by atoms with E-state index in [2.05, 4.69) is 44.4 Å². The van der Waals surface area contributed by atoms with Gasteiger partial charge in [0.05, 0.1) is 17.3 Å². The second-order valence-corrected chi connectivity index (χ2v) is 12.1. The maximum absolute atomic E-state index is 12.8. The van der Waals surface area contributed by atoms with Gasteiger partial charge >= 0.3 is 0 Å². The molecule has 1 amide bonds. The van der Waals surface area contributed by atoms with Crippen molar-refractivity contribution in [1.29, 1.82) is 0 Å². The zero-order valence-corrected chi connectivity index (χ0v) is 26.0. The van der Waals surface area contributed by atoms with Crippen molar-refractivity contribution in [3.05, 3.63) is 112 Å². The summed E-state index contributed by atoms with van der Waals surface area (Å²) in [7, 11) is 0. The van der Waals surface area contributed by atoms with E-state index in [1.807, 2.05) is 30.3 Å². The van der Waals surface area contributed by atoms with Gasteiger partial charge in [-0.05, 0) is 66.3 Å². The number of nitrogens with zero attached hydrogens (tertiary/aromatic N) is 3. The Bertz CT molecular complexity index is 1530. The number of oxazole rings is 1. The van der Waals surface area contributed by atoms with Crippen LogP contribution in [0.3, 0.4) is 0 Å². The van der Waals surface area contributed by atoms with Gasteiger partial charge in [0.2, 0.25) is 0 Å². The van der Waals surface area contributed by atoms with E-state index in [1.165, 1.54) is 12.0 Å². The Morgan fingerprint density at radius 1 is 1.04 bits per heavy atom. The molecule has 2 aliphatic heterocycles. The fourth-order valence-electron chi connectivity index (χ4n) is 5.96. The summed E-state index contributed by atoms with van der Waals surface area (Å²) in [5, 5.41) is 14.2. The lowest BCUT2D eigenvalue weighted by molar-refractivity contribution is 0.0841. The monoisotopic (exact) mass is 630 g/mol. The van der Waals surface area contributed by atoms with Crippen LogP contribution in [0.25, 0.3) is 0 Å². The molecule has 1 aromatic heterocycles. The number of nitrogens with one attached hydrogen (secondary N) is 1.